The Hall–Kier alpha value is -1.83. The highest BCUT2D eigenvalue weighted by molar-refractivity contribution is 7.13. The minimum absolute atomic E-state index is 0.178. The fourth-order valence-electron chi connectivity index (χ4n) is 3.27. The third-order valence-electron chi connectivity index (χ3n) is 4.79. The van der Waals surface area contributed by atoms with Crippen LogP contribution in [0.1, 0.15) is 31.5 Å². The van der Waals surface area contributed by atoms with Crippen LogP contribution in [0.15, 0.2) is 23.6 Å². The van der Waals surface area contributed by atoms with E-state index in [0.717, 1.165) is 16.1 Å². The van der Waals surface area contributed by atoms with Gasteiger partial charge >= 0.3 is 0 Å². The van der Waals surface area contributed by atoms with Crippen LogP contribution in [0.2, 0.25) is 0 Å². The lowest BCUT2D eigenvalue weighted by molar-refractivity contribution is -0.142. The van der Waals surface area contributed by atoms with Gasteiger partial charge in [0.2, 0.25) is 5.91 Å². The zero-order valence-corrected chi connectivity index (χ0v) is 15.9. The monoisotopic (exact) mass is 378 g/mol. The third-order valence-corrected chi connectivity index (χ3v) is 5.67. The minimum Gasteiger partial charge on any atom is -0.391 e. The number of thiazole rings is 1. The number of carbonyl (C=O) groups is 1. The smallest absolute Gasteiger partial charge is 0.234 e. The molecule has 3 rings (SSSR count). The van der Waals surface area contributed by atoms with Crippen molar-refractivity contribution in [3.8, 4) is 10.6 Å². The van der Waals surface area contributed by atoms with Crippen molar-refractivity contribution in [3.63, 3.8) is 0 Å². The van der Waals surface area contributed by atoms with Crippen molar-refractivity contribution in [2.24, 2.45) is 0 Å². The van der Waals surface area contributed by atoms with E-state index >= 15 is 0 Å². The Kier molecular flexibility index (Phi) is 5.14. The Morgan fingerprint density at radius 2 is 1.96 bits per heavy atom. The quantitative estimate of drug-likeness (QED) is 0.861. The molecular weight excluding hydrogens is 355 g/mol. The Morgan fingerprint density at radius 3 is 2.58 bits per heavy atom. The van der Waals surface area contributed by atoms with Crippen molar-refractivity contribution in [1.29, 1.82) is 0 Å². The van der Waals surface area contributed by atoms with Crippen LogP contribution in [0.4, 0.5) is 4.39 Å². The van der Waals surface area contributed by atoms with Crippen molar-refractivity contribution < 1.29 is 19.4 Å². The van der Waals surface area contributed by atoms with Crippen LogP contribution in [0.25, 0.3) is 10.6 Å². The molecule has 5 nitrogen and oxygen atoms in total. The fraction of sp³-hybridized carbons (Fsp3) is 0.474. The van der Waals surface area contributed by atoms with Gasteiger partial charge in [-0.25, -0.2) is 9.37 Å². The summed E-state index contributed by atoms with van der Waals surface area (Å²) in [7, 11) is 0. The maximum atomic E-state index is 13.3. The Labute approximate surface area is 156 Å². The molecule has 7 heteroatoms. The van der Waals surface area contributed by atoms with E-state index in [1.165, 1.54) is 28.4 Å². The second-order valence-electron chi connectivity index (χ2n) is 7.38. The number of hydrogen-bond donors (Lipinski definition) is 2. The van der Waals surface area contributed by atoms with Crippen LogP contribution in [-0.4, -0.2) is 51.3 Å². The van der Waals surface area contributed by atoms with Crippen LogP contribution >= 0.6 is 11.3 Å². The maximum absolute atomic E-state index is 13.3. The molecule has 2 heterocycles. The second-order valence-corrected chi connectivity index (χ2v) is 8.23. The lowest BCUT2D eigenvalue weighted by Crippen LogP contribution is -2.53. The highest BCUT2D eigenvalue weighted by Gasteiger charge is 2.39. The first-order valence-corrected chi connectivity index (χ1v) is 9.44. The van der Waals surface area contributed by atoms with Gasteiger partial charge < -0.3 is 15.1 Å². The highest BCUT2D eigenvalue weighted by Crippen LogP contribution is 2.33. The molecule has 1 amide bonds. The largest absolute Gasteiger partial charge is 0.391 e. The number of aliphatic hydroxyl groups is 2. The first-order valence-electron chi connectivity index (χ1n) is 8.56. The van der Waals surface area contributed by atoms with Crippen LogP contribution in [0.3, 0.4) is 0 Å². The number of rotatable bonds is 3. The van der Waals surface area contributed by atoms with Crippen LogP contribution < -0.4 is 0 Å². The number of benzene rings is 1. The average molecular weight is 378 g/mol. The summed E-state index contributed by atoms with van der Waals surface area (Å²) in [4.78, 5) is 19.1. The van der Waals surface area contributed by atoms with Gasteiger partial charge in [0, 0.05) is 30.5 Å². The molecule has 2 aromatic rings. The Bertz CT molecular complexity index is 811. The molecule has 1 saturated heterocycles. The van der Waals surface area contributed by atoms with E-state index in [-0.39, 0.29) is 31.2 Å². The van der Waals surface area contributed by atoms with Gasteiger partial charge in [-0.3, -0.25) is 4.79 Å². The predicted molar refractivity (Wildman–Crippen MR) is 98.5 cm³/mol. The van der Waals surface area contributed by atoms with Crippen LogP contribution in [-0.2, 0) is 10.2 Å². The van der Waals surface area contributed by atoms with Gasteiger partial charge in [0.1, 0.15) is 10.8 Å². The number of piperidine rings is 1. The number of aliphatic hydroxyl groups excluding tert-OH is 2. The van der Waals surface area contributed by atoms with Crippen LogP contribution in [0, 0.1) is 12.7 Å². The summed E-state index contributed by atoms with van der Waals surface area (Å²) >= 11 is 1.41. The molecule has 1 aromatic carbocycles. The molecule has 0 aliphatic carbocycles. The van der Waals surface area contributed by atoms with E-state index < -0.39 is 17.6 Å². The third kappa shape index (κ3) is 3.65. The molecule has 140 valence electrons. The topological polar surface area (TPSA) is 73.7 Å². The van der Waals surface area contributed by atoms with Gasteiger partial charge in [-0.05, 0) is 44.5 Å². The first-order chi connectivity index (χ1) is 12.2. The second kappa shape index (κ2) is 7.06. The number of β-amino-alcohol motifs (C(OH)–C–C–N with tert-alkyl or cyclic N) is 2. The molecule has 1 fully saturated rings. The average Bonchev–Trinajstić information content (AvgIpc) is 3.03. The maximum Gasteiger partial charge on any atom is 0.234 e. The summed E-state index contributed by atoms with van der Waals surface area (Å²) in [5.74, 6) is -0.469. The van der Waals surface area contributed by atoms with Crippen molar-refractivity contribution in [1.82, 2.24) is 9.88 Å². The summed E-state index contributed by atoms with van der Waals surface area (Å²) in [5, 5.41) is 22.3. The summed E-state index contributed by atoms with van der Waals surface area (Å²) in [6.07, 6.45) is -1.15. The Balaban J connectivity index is 1.86. The normalized spacial score (nSPS) is 21.1. The lowest BCUT2D eigenvalue weighted by atomic mass is 9.87. The number of hydrogen-bond acceptors (Lipinski definition) is 5. The molecule has 2 N–H and O–H groups in total. The molecule has 1 aliphatic rings. The SMILES string of the molecule is Cc1cc(F)ccc1-c1nc(C(C)(C)C(=O)N2C[C@H](O)C[C@H](O)C2)cs1. The minimum atomic E-state index is -0.889. The number of aromatic nitrogens is 1. The number of nitrogens with zero attached hydrogens (tertiary/aromatic N) is 2. The molecule has 0 spiro atoms. The fourth-order valence-corrected chi connectivity index (χ4v) is 4.35. The molecule has 0 radical (unpaired) electrons. The summed E-state index contributed by atoms with van der Waals surface area (Å²) in [6, 6.07) is 4.55. The van der Waals surface area contributed by atoms with Crippen molar-refractivity contribution in [2.45, 2.75) is 44.8 Å². The molecule has 1 aromatic heterocycles. The molecular formula is C19H23FN2O3S. The Morgan fingerprint density at radius 1 is 1.31 bits per heavy atom. The summed E-state index contributed by atoms with van der Waals surface area (Å²) in [6.45, 7) is 5.84. The molecule has 2 atom stereocenters. The predicted octanol–water partition coefficient (Wildman–Crippen LogP) is 2.49. The van der Waals surface area contributed by atoms with E-state index in [4.69, 9.17) is 0 Å². The number of amides is 1. The zero-order chi connectivity index (χ0) is 19.1. The van der Waals surface area contributed by atoms with E-state index in [9.17, 15) is 19.4 Å². The van der Waals surface area contributed by atoms with Gasteiger partial charge in [-0.15, -0.1) is 11.3 Å². The van der Waals surface area contributed by atoms with E-state index in [0.29, 0.717) is 5.69 Å². The van der Waals surface area contributed by atoms with Crippen LogP contribution in [0.5, 0.6) is 0 Å². The standard InChI is InChI=1S/C19H23FN2O3S/c1-11-6-12(20)4-5-15(11)17-21-16(10-26-17)19(2,3)18(25)22-8-13(23)7-14(24)9-22/h4-6,10,13-14,23-24H,7-9H2,1-3H3/t13-,14+. The molecule has 26 heavy (non-hydrogen) atoms. The van der Waals surface area contributed by atoms with Crippen molar-refractivity contribution in [2.75, 3.05) is 13.1 Å². The van der Waals surface area contributed by atoms with Gasteiger partial charge in [0.15, 0.2) is 0 Å². The van der Waals surface area contributed by atoms with Gasteiger partial charge in [-0.1, -0.05) is 0 Å². The number of aryl methyl sites for hydroxylation is 1. The number of carbonyl (C=O) groups excluding carboxylic acids is 1. The van der Waals surface area contributed by atoms with Gasteiger partial charge in [0.05, 0.1) is 23.3 Å². The zero-order valence-electron chi connectivity index (χ0n) is 15.1. The van der Waals surface area contributed by atoms with E-state index in [1.807, 2.05) is 12.3 Å². The van der Waals surface area contributed by atoms with E-state index in [1.54, 1.807) is 19.9 Å². The van der Waals surface area contributed by atoms with Gasteiger partial charge in [0.25, 0.3) is 0 Å². The summed E-state index contributed by atoms with van der Waals surface area (Å²) < 4.78 is 13.3. The first kappa shape index (κ1) is 18.9. The van der Waals surface area contributed by atoms with Crippen molar-refractivity contribution in [3.05, 3.63) is 40.7 Å². The molecule has 0 saturated carbocycles. The molecule has 0 bridgehead atoms. The highest BCUT2D eigenvalue weighted by atomic mass is 32.1. The van der Waals surface area contributed by atoms with E-state index in [2.05, 4.69) is 4.98 Å². The lowest BCUT2D eigenvalue weighted by Gasteiger charge is -2.37. The van der Waals surface area contributed by atoms with Gasteiger partial charge in [-0.2, -0.15) is 0 Å². The van der Waals surface area contributed by atoms with Crippen molar-refractivity contribution >= 4 is 17.2 Å². The molecule has 0 unspecified atom stereocenters. The molecule has 1 aliphatic heterocycles. The number of likely N-dealkylation sites (tertiary alicyclic amines) is 1. The number of halogens is 1. The summed E-state index contributed by atoms with van der Waals surface area (Å²) in [5.41, 5.74) is 1.37.